The lowest BCUT2D eigenvalue weighted by Crippen LogP contribution is -2.38. The van der Waals surface area contributed by atoms with Crippen LogP contribution in [-0.4, -0.2) is 11.4 Å². The van der Waals surface area contributed by atoms with Crippen LogP contribution >= 0.6 is 0 Å². The van der Waals surface area contributed by atoms with Crippen molar-refractivity contribution in [3.05, 3.63) is 48.0 Å². The predicted octanol–water partition coefficient (Wildman–Crippen LogP) is 3.22. The molecule has 1 aliphatic rings. The van der Waals surface area contributed by atoms with E-state index in [0.717, 1.165) is 0 Å². The number of nitrogens with one attached hydrogen (secondary N) is 1. The molecule has 1 N–H and O–H groups in total. The van der Waals surface area contributed by atoms with Crippen molar-refractivity contribution in [1.29, 1.82) is 0 Å². The number of hydrogen-bond acceptors (Lipinski definition) is 1. The van der Waals surface area contributed by atoms with Crippen molar-refractivity contribution in [2.24, 2.45) is 0 Å². The molecule has 1 atom stereocenters. The molecule has 1 heterocycles. The molecule has 0 saturated carbocycles. The zero-order chi connectivity index (χ0) is 12.8. The van der Waals surface area contributed by atoms with Crippen LogP contribution in [0.15, 0.2) is 42.5 Å². The van der Waals surface area contributed by atoms with E-state index in [1.54, 1.807) is 0 Å². The second-order valence-corrected chi connectivity index (χ2v) is 5.63. The lowest BCUT2D eigenvalue weighted by atomic mass is 9.82. The fraction of sp³-hybridized carbons (Fsp3) is 0.312. The average Bonchev–Trinajstić information content (AvgIpc) is 2.62. The lowest BCUT2D eigenvalue weighted by molar-refractivity contribution is -0.119. The van der Waals surface area contributed by atoms with Crippen molar-refractivity contribution in [2.45, 2.75) is 31.7 Å². The van der Waals surface area contributed by atoms with Crippen LogP contribution in [-0.2, 0) is 4.79 Å². The van der Waals surface area contributed by atoms with Crippen molar-refractivity contribution in [3.8, 4) is 0 Å². The summed E-state index contributed by atoms with van der Waals surface area (Å²) < 4.78 is 0. The number of hydrogen-bond donors (Lipinski definition) is 1. The fourth-order valence-electron chi connectivity index (χ4n) is 2.90. The number of amides is 1. The second-order valence-electron chi connectivity index (χ2n) is 5.63. The second kappa shape index (κ2) is 3.84. The summed E-state index contributed by atoms with van der Waals surface area (Å²) in [7, 11) is 0. The Hall–Kier alpha value is -1.83. The molecule has 1 fully saturated rings. The van der Waals surface area contributed by atoms with Crippen molar-refractivity contribution in [3.63, 3.8) is 0 Å². The summed E-state index contributed by atoms with van der Waals surface area (Å²) in [5.41, 5.74) is 1.09. The maximum Gasteiger partial charge on any atom is 0.221 e. The molecule has 1 unspecified atom stereocenters. The Balaban J connectivity index is 2.07. The molecule has 2 nitrogen and oxygen atoms in total. The molecular weight excluding hydrogens is 222 g/mol. The molecule has 0 radical (unpaired) electrons. The number of carbonyl (C=O) groups is 1. The molecule has 1 saturated heterocycles. The Morgan fingerprint density at radius 2 is 1.83 bits per heavy atom. The molecule has 1 amide bonds. The zero-order valence-electron chi connectivity index (χ0n) is 10.7. The third kappa shape index (κ3) is 1.78. The van der Waals surface area contributed by atoms with Crippen LogP contribution in [0.5, 0.6) is 0 Å². The van der Waals surface area contributed by atoms with Gasteiger partial charge in [-0.15, -0.1) is 0 Å². The Morgan fingerprint density at radius 3 is 2.50 bits per heavy atom. The topological polar surface area (TPSA) is 29.1 Å². The Kier molecular flexibility index (Phi) is 2.40. The summed E-state index contributed by atoms with van der Waals surface area (Å²) >= 11 is 0. The highest BCUT2D eigenvalue weighted by Gasteiger charge is 2.39. The van der Waals surface area contributed by atoms with Gasteiger partial charge < -0.3 is 5.32 Å². The standard InChI is InChI=1S/C16H17NO/c1-16(2)14(10-15(18)17-16)13-8-7-11-5-3-4-6-12(11)9-13/h3-9,14H,10H2,1-2H3,(H,17,18). The number of benzene rings is 2. The van der Waals surface area contributed by atoms with Crippen LogP contribution in [0.4, 0.5) is 0 Å². The first-order valence-electron chi connectivity index (χ1n) is 6.36. The SMILES string of the molecule is CC1(C)NC(=O)CC1c1ccc2ccccc2c1. The van der Waals surface area contributed by atoms with Crippen LogP contribution in [0.25, 0.3) is 10.8 Å². The molecular formula is C16H17NO. The highest BCUT2D eigenvalue weighted by atomic mass is 16.2. The minimum atomic E-state index is -0.153. The molecule has 0 spiro atoms. The summed E-state index contributed by atoms with van der Waals surface area (Å²) in [6.07, 6.45) is 0.589. The molecule has 0 aromatic heterocycles. The van der Waals surface area contributed by atoms with E-state index in [1.165, 1.54) is 16.3 Å². The first kappa shape index (κ1) is 11.3. The monoisotopic (exact) mass is 239 g/mol. The minimum absolute atomic E-state index is 0.151. The van der Waals surface area contributed by atoms with Gasteiger partial charge in [0, 0.05) is 17.9 Å². The zero-order valence-corrected chi connectivity index (χ0v) is 10.7. The van der Waals surface area contributed by atoms with E-state index in [4.69, 9.17) is 0 Å². The molecule has 2 aromatic carbocycles. The van der Waals surface area contributed by atoms with Crippen LogP contribution in [0, 0.1) is 0 Å². The van der Waals surface area contributed by atoms with E-state index in [9.17, 15) is 4.79 Å². The Labute approximate surface area is 107 Å². The summed E-state index contributed by atoms with van der Waals surface area (Å²) in [6, 6.07) is 14.8. The van der Waals surface area contributed by atoms with Crippen molar-refractivity contribution in [1.82, 2.24) is 5.32 Å². The van der Waals surface area contributed by atoms with Gasteiger partial charge >= 0.3 is 0 Å². The highest BCUT2D eigenvalue weighted by Crippen LogP contribution is 2.37. The highest BCUT2D eigenvalue weighted by molar-refractivity contribution is 5.85. The summed E-state index contributed by atoms with van der Waals surface area (Å²) in [5, 5.41) is 5.54. The first-order chi connectivity index (χ1) is 8.56. The van der Waals surface area contributed by atoms with Gasteiger partial charge in [0.1, 0.15) is 0 Å². The molecule has 0 aliphatic carbocycles. The van der Waals surface area contributed by atoms with E-state index >= 15 is 0 Å². The van der Waals surface area contributed by atoms with Gasteiger partial charge in [-0.1, -0.05) is 42.5 Å². The van der Waals surface area contributed by atoms with Gasteiger partial charge in [0.15, 0.2) is 0 Å². The van der Waals surface area contributed by atoms with Crippen LogP contribution in [0.1, 0.15) is 31.7 Å². The third-order valence-corrected chi connectivity index (χ3v) is 3.90. The number of rotatable bonds is 1. The molecule has 2 aromatic rings. The van der Waals surface area contributed by atoms with Crippen LogP contribution < -0.4 is 5.32 Å². The van der Waals surface area contributed by atoms with E-state index in [1.807, 2.05) is 6.07 Å². The van der Waals surface area contributed by atoms with Gasteiger partial charge in [-0.25, -0.2) is 0 Å². The maximum absolute atomic E-state index is 11.6. The summed E-state index contributed by atoms with van der Waals surface area (Å²) in [6.45, 7) is 4.19. The van der Waals surface area contributed by atoms with Gasteiger partial charge in [-0.2, -0.15) is 0 Å². The molecule has 0 bridgehead atoms. The smallest absolute Gasteiger partial charge is 0.221 e. The van der Waals surface area contributed by atoms with Crippen molar-refractivity contribution in [2.75, 3.05) is 0 Å². The minimum Gasteiger partial charge on any atom is -0.351 e. The predicted molar refractivity (Wildman–Crippen MR) is 73.5 cm³/mol. The molecule has 1 aliphatic heterocycles. The van der Waals surface area contributed by atoms with Gasteiger partial charge in [-0.05, 0) is 30.2 Å². The Morgan fingerprint density at radius 1 is 1.11 bits per heavy atom. The van der Waals surface area contributed by atoms with Gasteiger partial charge in [0.05, 0.1) is 0 Å². The number of fused-ring (bicyclic) bond motifs is 1. The number of carbonyl (C=O) groups excluding carboxylic acids is 1. The van der Waals surface area contributed by atoms with Gasteiger partial charge in [0.25, 0.3) is 0 Å². The quantitative estimate of drug-likeness (QED) is 0.813. The van der Waals surface area contributed by atoms with Crippen LogP contribution in [0.2, 0.25) is 0 Å². The molecule has 2 heteroatoms. The summed E-state index contributed by atoms with van der Waals surface area (Å²) in [4.78, 5) is 11.6. The van der Waals surface area contributed by atoms with Crippen molar-refractivity contribution >= 4 is 16.7 Å². The lowest BCUT2D eigenvalue weighted by Gasteiger charge is -2.26. The maximum atomic E-state index is 11.6. The third-order valence-electron chi connectivity index (χ3n) is 3.90. The largest absolute Gasteiger partial charge is 0.351 e. The van der Waals surface area contributed by atoms with E-state index in [0.29, 0.717) is 6.42 Å². The fourth-order valence-corrected chi connectivity index (χ4v) is 2.90. The van der Waals surface area contributed by atoms with E-state index < -0.39 is 0 Å². The van der Waals surface area contributed by atoms with Crippen LogP contribution in [0.3, 0.4) is 0 Å². The first-order valence-corrected chi connectivity index (χ1v) is 6.36. The molecule has 92 valence electrons. The van der Waals surface area contributed by atoms with E-state index in [-0.39, 0.29) is 17.4 Å². The van der Waals surface area contributed by atoms with E-state index in [2.05, 4.69) is 55.6 Å². The average molecular weight is 239 g/mol. The van der Waals surface area contributed by atoms with Crippen molar-refractivity contribution < 1.29 is 4.79 Å². The molecule has 18 heavy (non-hydrogen) atoms. The van der Waals surface area contributed by atoms with Gasteiger partial charge in [-0.3, -0.25) is 4.79 Å². The normalized spacial score (nSPS) is 22.1. The molecule has 3 rings (SSSR count). The van der Waals surface area contributed by atoms with Gasteiger partial charge in [0.2, 0.25) is 5.91 Å². The Bertz CT molecular complexity index is 615. The summed E-state index contributed by atoms with van der Waals surface area (Å²) in [5.74, 6) is 0.410.